The molecule has 146 valence electrons. The van der Waals surface area contributed by atoms with Gasteiger partial charge in [0.25, 0.3) is 0 Å². The Bertz CT molecular complexity index is 933. The van der Waals surface area contributed by atoms with Crippen LogP contribution in [0.1, 0.15) is 40.0 Å². The Hall–Kier alpha value is -2.55. The normalized spacial score (nSPS) is 11.6. The first kappa shape index (κ1) is 20.8. The fraction of sp³-hybridized carbons (Fsp3) is 0.444. The predicted octanol–water partition coefficient (Wildman–Crippen LogP) is 3.95. The summed E-state index contributed by atoms with van der Waals surface area (Å²) in [5, 5.41) is 2.49. The van der Waals surface area contributed by atoms with Crippen LogP contribution in [0, 0.1) is 5.82 Å². The Balaban J connectivity index is 2.23. The number of hydrogen-bond acceptors (Lipinski definition) is 5. The van der Waals surface area contributed by atoms with E-state index in [1.165, 1.54) is 12.1 Å². The second-order valence-corrected chi connectivity index (χ2v) is 6.77. The molecule has 0 saturated carbocycles. The molecule has 9 heteroatoms. The molecule has 1 N–H and O–H groups in total. The summed E-state index contributed by atoms with van der Waals surface area (Å²) in [6, 6.07) is 2.71. The Labute approximate surface area is 159 Å². The van der Waals surface area contributed by atoms with Gasteiger partial charge in [0.05, 0.1) is 28.9 Å². The number of anilines is 1. The third-order valence-electron chi connectivity index (χ3n) is 3.77. The molecule has 0 aliphatic carbocycles. The number of hydrogen-bond donors (Lipinski definition) is 1. The van der Waals surface area contributed by atoms with E-state index < -0.39 is 17.8 Å². The van der Waals surface area contributed by atoms with E-state index >= 15 is 0 Å². The first-order valence-corrected chi connectivity index (χ1v) is 9.57. The van der Waals surface area contributed by atoms with Gasteiger partial charge in [-0.05, 0) is 31.9 Å². The van der Waals surface area contributed by atoms with Crippen LogP contribution in [0.3, 0.4) is 0 Å². The van der Waals surface area contributed by atoms with E-state index in [0.717, 1.165) is 17.8 Å². The van der Waals surface area contributed by atoms with Crippen LogP contribution in [0.2, 0.25) is 0 Å². The smallest absolute Gasteiger partial charge is 0.433 e. The zero-order valence-corrected chi connectivity index (χ0v) is 16.3. The fourth-order valence-electron chi connectivity index (χ4n) is 2.52. The summed E-state index contributed by atoms with van der Waals surface area (Å²) >= 11 is 0.970. The number of aliphatic imine (C=N–C) groups is 1. The number of fused-ring (bicyclic) bond motifs is 1. The van der Waals surface area contributed by atoms with Gasteiger partial charge in [-0.2, -0.15) is 4.99 Å². The summed E-state index contributed by atoms with van der Waals surface area (Å²) in [7, 11) is 0. The Morgan fingerprint density at radius 2 is 2.04 bits per heavy atom. The van der Waals surface area contributed by atoms with Gasteiger partial charge < -0.3 is 10.1 Å². The number of halogens is 1. The van der Waals surface area contributed by atoms with Gasteiger partial charge in [-0.3, -0.25) is 14.2 Å². The highest BCUT2D eigenvalue weighted by Crippen LogP contribution is 2.25. The van der Waals surface area contributed by atoms with Crippen LogP contribution in [-0.4, -0.2) is 28.9 Å². The maximum atomic E-state index is 14.3. The molecule has 27 heavy (non-hydrogen) atoms. The summed E-state index contributed by atoms with van der Waals surface area (Å²) < 4.78 is 21.1. The van der Waals surface area contributed by atoms with Crippen molar-refractivity contribution in [3.8, 4) is 0 Å². The zero-order chi connectivity index (χ0) is 20.0. The quantitative estimate of drug-likeness (QED) is 0.719. The number of thiazole rings is 1. The molecule has 0 saturated heterocycles. The van der Waals surface area contributed by atoms with E-state index in [1.807, 2.05) is 6.92 Å². The van der Waals surface area contributed by atoms with Gasteiger partial charge in [-0.15, -0.1) is 0 Å². The second-order valence-electron chi connectivity index (χ2n) is 5.77. The molecular formula is C18H22FN3O4S. The minimum absolute atomic E-state index is 0.0123. The first-order valence-electron chi connectivity index (χ1n) is 8.75. The first-order chi connectivity index (χ1) is 12.9. The molecule has 0 atom stereocenters. The van der Waals surface area contributed by atoms with Crippen molar-refractivity contribution in [2.24, 2.45) is 4.99 Å². The molecule has 2 rings (SSSR count). The molecule has 0 aliphatic heterocycles. The molecule has 1 aromatic heterocycles. The van der Waals surface area contributed by atoms with E-state index in [9.17, 15) is 18.8 Å². The van der Waals surface area contributed by atoms with Crippen molar-refractivity contribution >= 4 is 45.0 Å². The third-order valence-corrected chi connectivity index (χ3v) is 4.71. The molecule has 0 bridgehead atoms. The second kappa shape index (κ2) is 9.40. The summed E-state index contributed by atoms with van der Waals surface area (Å²) in [5.41, 5.74) is 0.909. The van der Waals surface area contributed by atoms with E-state index in [-0.39, 0.29) is 23.6 Å². The van der Waals surface area contributed by atoms with Crippen molar-refractivity contribution < 1.29 is 18.7 Å². The van der Waals surface area contributed by atoms with Crippen molar-refractivity contribution in [1.82, 2.24) is 4.57 Å². The number of carbonyl (C=O) groups excluding carboxylic acids is 2. The Kier molecular flexibility index (Phi) is 7.23. The Morgan fingerprint density at radius 1 is 1.30 bits per heavy atom. The van der Waals surface area contributed by atoms with Crippen molar-refractivity contribution in [2.75, 3.05) is 11.9 Å². The number of amides is 2. The van der Waals surface area contributed by atoms with Gasteiger partial charge >= 0.3 is 11.0 Å². The van der Waals surface area contributed by atoms with Crippen molar-refractivity contribution in [3.63, 3.8) is 0 Å². The summed E-state index contributed by atoms with van der Waals surface area (Å²) in [6.45, 7) is 6.07. The van der Waals surface area contributed by atoms with Gasteiger partial charge in [-0.1, -0.05) is 25.2 Å². The number of aryl methyl sites for hydroxylation is 1. The largest absolute Gasteiger partial charge is 0.448 e. The summed E-state index contributed by atoms with van der Waals surface area (Å²) in [5.74, 6) is -1.13. The number of nitrogens with one attached hydrogen (secondary N) is 1. The molecule has 0 radical (unpaired) electrons. The topological polar surface area (TPSA) is 89.8 Å². The summed E-state index contributed by atoms with van der Waals surface area (Å²) in [4.78, 5) is 39.3. The highest BCUT2D eigenvalue weighted by atomic mass is 32.1. The van der Waals surface area contributed by atoms with E-state index in [4.69, 9.17) is 4.74 Å². The lowest BCUT2D eigenvalue weighted by atomic mass is 10.2. The molecule has 2 amide bonds. The number of nitrogens with zero attached hydrogens (tertiary/aromatic N) is 2. The summed E-state index contributed by atoms with van der Waals surface area (Å²) in [6.07, 6.45) is 0.234. The van der Waals surface area contributed by atoms with E-state index in [2.05, 4.69) is 10.3 Å². The van der Waals surface area contributed by atoms with Crippen molar-refractivity contribution in [2.45, 2.75) is 46.6 Å². The zero-order valence-electron chi connectivity index (χ0n) is 15.5. The van der Waals surface area contributed by atoms with Crippen LogP contribution in [0.5, 0.6) is 0 Å². The van der Waals surface area contributed by atoms with Gasteiger partial charge in [0.2, 0.25) is 5.91 Å². The van der Waals surface area contributed by atoms with Gasteiger partial charge in [0, 0.05) is 12.3 Å². The highest BCUT2D eigenvalue weighted by Gasteiger charge is 2.15. The van der Waals surface area contributed by atoms with Crippen molar-refractivity contribution in [3.05, 3.63) is 27.6 Å². The third kappa shape index (κ3) is 5.22. The van der Waals surface area contributed by atoms with Crippen molar-refractivity contribution in [1.29, 1.82) is 0 Å². The monoisotopic (exact) mass is 395 g/mol. The molecule has 1 heterocycles. The molecule has 1 aromatic carbocycles. The van der Waals surface area contributed by atoms with Crippen LogP contribution >= 0.6 is 11.3 Å². The van der Waals surface area contributed by atoms with Gasteiger partial charge in [0.15, 0.2) is 0 Å². The molecule has 0 unspecified atom stereocenters. The average molecular weight is 395 g/mol. The van der Waals surface area contributed by atoms with Gasteiger partial charge in [-0.25, -0.2) is 9.18 Å². The Morgan fingerprint density at radius 3 is 2.67 bits per heavy atom. The minimum atomic E-state index is -0.753. The highest BCUT2D eigenvalue weighted by molar-refractivity contribution is 7.16. The van der Waals surface area contributed by atoms with E-state index in [0.29, 0.717) is 28.9 Å². The van der Waals surface area contributed by atoms with Crippen LogP contribution in [0.25, 0.3) is 10.2 Å². The maximum Gasteiger partial charge on any atom is 0.433 e. The van der Waals surface area contributed by atoms with Crippen LogP contribution < -0.4 is 10.2 Å². The maximum absolute atomic E-state index is 14.3. The number of benzene rings is 1. The lowest BCUT2D eigenvalue weighted by molar-refractivity contribution is -0.115. The molecule has 2 aromatic rings. The average Bonchev–Trinajstić information content (AvgIpc) is 2.90. The standard InChI is InChI=1S/C18H22FN3O4S/c1-4-7-22-14-10-13(12(19)9-15(14)27-18(22)25)21-16(23)8-11(5-2)20-17(24)26-6-3/h9-10H,4-8H2,1-3H3,(H,21,23). The number of ether oxygens (including phenoxy) is 1. The van der Waals surface area contributed by atoms with E-state index in [1.54, 1.807) is 18.4 Å². The van der Waals surface area contributed by atoms with Crippen LogP contribution in [0.4, 0.5) is 14.9 Å². The predicted molar refractivity (Wildman–Crippen MR) is 104 cm³/mol. The number of rotatable bonds is 7. The lowest BCUT2D eigenvalue weighted by Gasteiger charge is -2.09. The SMILES string of the molecule is CCCn1c(=O)sc2cc(F)c(NC(=O)CC(CC)=NC(=O)OCC)cc21. The molecular weight excluding hydrogens is 373 g/mol. The lowest BCUT2D eigenvalue weighted by Crippen LogP contribution is -2.18. The number of carbonyl (C=O) groups is 2. The molecule has 7 nitrogen and oxygen atoms in total. The molecule has 0 aliphatic rings. The fourth-order valence-corrected chi connectivity index (χ4v) is 3.45. The number of aromatic nitrogens is 1. The molecule has 0 spiro atoms. The molecule has 0 fully saturated rings. The van der Waals surface area contributed by atoms with Crippen LogP contribution in [-0.2, 0) is 16.1 Å². The minimum Gasteiger partial charge on any atom is -0.448 e. The van der Waals surface area contributed by atoms with Gasteiger partial charge in [0.1, 0.15) is 5.82 Å². The van der Waals surface area contributed by atoms with Crippen LogP contribution in [0.15, 0.2) is 21.9 Å².